The molecule has 0 aromatic rings. The SMILES string of the molecule is CCC(=O)OC(C/C=C(/C)C(=O)OC)C(C)C(OC(C)=O)C(CC(C)C(OC(=O)CC(C)C)[C@H]1C[C@@H](C)C[C@@]2(C[C@@H](C)C[C@H]([C@H](O)C(C)=O)O2)O1)OC(=O)CC(C)C. The Labute approximate surface area is 345 Å². The van der Waals surface area contributed by atoms with Crippen LogP contribution in [0.25, 0.3) is 0 Å². The Morgan fingerprint density at radius 1 is 0.759 bits per heavy atom. The average molecular weight is 825 g/mol. The second-order valence-electron chi connectivity index (χ2n) is 17.7. The fraction of sp³-hybridized carbons (Fsp3) is 0.818. The second kappa shape index (κ2) is 23.4. The van der Waals surface area contributed by atoms with Crippen LogP contribution in [0.4, 0.5) is 0 Å². The molecule has 2 heterocycles. The number of esters is 5. The fourth-order valence-electron chi connectivity index (χ4n) is 8.11. The molecule has 0 bridgehead atoms. The topological polar surface area (TPSA) is 187 Å². The highest BCUT2D eigenvalue weighted by molar-refractivity contribution is 5.87. The second-order valence-corrected chi connectivity index (χ2v) is 17.7. The van der Waals surface area contributed by atoms with E-state index in [1.165, 1.54) is 21.0 Å². The van der Waals surface area contributed by atoms with Gasteiger partial charge in [-0.25, -0.2) is 4.79 Å². The van der Waals surface area contributed by atoms with Crippen molar-refractivity contribution in [2.75, 3.05) is 7.11 Å². The number of hydrogen-bond acceptors (Lipinski definition) is 14. The van der Waals surface area contributed by atoms with Crippen molar-refractivity contribution in [2.45, 2.75) is 189 Å². The summed E-state index contributed by atoms with van der Waals surface area (Å²) in [6, 6.07) is 0. The van der Waals surface area contributed by atoms with E-state index in [1.807, 2.05) is 41.5 Å². The maximum Gasteiger partial charge on any atom is 0.333 e. The highest BCUT2D eigenvalue weighted by Crippen LogP contribution is 2.46. The lowest BCUT2D eigenvalue weighted by molar-refractivity contribution is -0.347. The van der Waals surface area contributed by atoms with E-state index >= 15 is 0 Å². The van der Waals surface area contributed by atoms with Crippen molar-refractivity contribution in [3.63, 3.8) is 0 Å². The molecule has 0 saturated carbocycles. The van der Waals surface area contributed by atoms with Crippen LogP contribution in [0.15, 0.2) is 11.6 Å². The summed E-state index contributed by atoms with van der Waals surface area (Å²) in [6.45, 7) is 21.0. The van der Waals surface area contributed by atoms with Gasteiger partial charge < -0.3 is 38.3 Å². The first-order chi connectivity index (χ1) is 27.0. The van der Waals surface area contributed by atoms with E-state index in [0.29, 0.717) is 25.7 Å². The van der Waals surface area contributed by atoms with Gasteiger partial charge in [0.15, 0.2) is 11.6 Å². The van der Waals surface area contributed by atoms with Crippen molar-refractivity contribution in [2.24, 2.45) is 35.5 Å². The Balaban J connectivity index is 2.68. The van der Waals surface area contributed by atoms with Gasteiger partial charge in [0.1, 0.15) is 30.5 Å². The number of methoxy groups -OCH3 is 1. The summed E-state index contributed by atoms with van der Waals surface area (Å²) < 4.78 is 42.5. The van der Waals surface area contributed by atoms with Gasteiger partial charge in [0.25, 0.3) is 0 Å². The third-order valence-corrected chi connectivity index (χ3v) is 10.8. The molecule has 58 heavy (non-hydrogen) atoms. The van der Waals surface area contributed by atoms with Crippen molar-refractivity contribution < 1.29 is 67.0 Å². The number of aliphatic hydroxyl groups is 1. The van der Waals surface area contributed by atoms with Gasteiger partial charge in [-0.2, -0.15) is 0 Å². The number of carbonyl (C=O) groups is 6. The van der Waals surface area contributed by atoms with Crippen molar-refractivity contribution in [3.05, 3.63) is 11.6 Å². The van der Waals surface area contributed by atoms with Gasteiger partial charge in [-0.3, -0.25) is 24.0 Å². The summed E-state index contributed by atoms with van der Waals surface area (Å²) in [5.41, 5.74) is 0.286. The largest absolute Gasteiger partial charge is 0.466 e. The van der Waals surface area contributed by atoms with Gasteiger partial charge in [-0.1, -0.05) is 68.4 Å². The molecular weight excluding hydrogens is 752 g/mol. The number of carbonyl (C=O) groups excluding carboxylic acids is 6. The zero-order valence-corrected chi connectivity index (χ0v) is 37.2. The average Bonchev–Trinajstić information content (AvgIpc) is 3.11. The third-order valence-electron chi connectivity index (χ3n) is 10.8. The molecule has 2 rings (SSSR count). The van der Waals surface area contributed by atoms with Crippen LogP contribution in [0.2, 0.25) is 0 Å². The van der Waals surface area contributed by atoms with Crippen LogP contribution in [0.1, 0.15) is 141 Å². The van der Waals surface area contributed by atoms with E-state index in [4.69, 9.17) is 33.2 Å². The number of ether oxygens (including phenoxy) is 7. The molecule has 2 saturated heterocycles. The first-order valence-electron chi connectivity index (χ1n) is 21.1. The summed E-state index contributed by atoms with van der Waals surface area (Å²) in [7, 11) is 1.26. The summed E-state index contributed by atoms with van der Waals surface area (Å²) in [5.74, 6) is -5.58. The summed E-state index contributed by atoms with van der Waals surface area (Å²) in [4.78, 5) is 77.0. The van der Waals surface area contributed by atoms with E-state index in [1.54, 1.807) is 26.8 Å². The maximum atomic E-state index is 13.5. The van der Waals surface area contributed by atoms with Crippen LogP contribution >= 0.6 is 0 Å². The zero-order valence-electron chi connectivity index (χ0n) is 37.2. The van der Waals surface area contributed by atoms with Crippen molar-refractivity contribution in [1.82, 2.24) is 0 Å². The predicted molar refractivity (Wildman–Crippen MR) is 214 cm³/mol. The van der Waals surface area contributed by atoms with E-state index in [-0.39, 0.29) is 61.3 Å². The quantitative estimate of drug-likeness (QED) is 0.0741. The molecule has 0 aliphatic carbocycles. The normalized spacial score (nSPS) is 26.1. The van der Waals surface area contributed by atoms with Crippen LogP contribution in [0.3, 0.4) is 0 Å². The highest BCUT2D eigenvalue weighted by atomic mass is 16.7. The molecule has 1 spiro atoms. The highest BCUT2D eigenvalue weighted by Gasteiger charge is 2.52. The van der Waals surface area contributed by atoms with Crippen LogP contribution < -0.4 is 0 Å². The third kappa shape index (κ3) is 16.0. The summed E-state index contributed by atoms with van der Waals surface area (Å²) >= 11 is 0. The maximum absolute atomic E-state index is 13.5. The summed E-state index contributed by atoms with van der Waals surface area (Å²) in [6.07, 6.45) is -2.91. The molecule has 2 aliphatic rings. The molecule has 0 aromatic heterocycles. The van der Waals surface area contributed by atoms with Crippen LogP contribution in [0.5, 0.6) is 0 Å². The number of Topliss-reactive ketones (excluding diaryl/α,β-unsaturated/α-hetero) is 1. The molecule has 2 aliphatic heterocycles. The molecule has 2 fully saturated rings. The smallest absolute Gasteiger partial charge is 0.333 e. The lowest BCUT2D eigenvalue weighted by Crippen LogP contribution is -2.57. The van der Waals surface area contributed by atoms with Gasteiger partial charge in [0.05, 0.1) is 19.3 Å². The molecule has 0 aromatic carbocycles. The van der Waals surface area contributed by atoms with Gasteiger partial charge >= 0.3 is 29.8 Å². The molecule has 14 heteroatoms. The minimum atomic E-state index is -1.32. The van der Waals surface area contributed by atoms with Crippen molar-refractivity contribution in [3.8, 4) is 0 Å². The number of aliphatic hydroxyl groups excluding tert-OH is 1. The van der Waals surface area contributed by atoms with E-state index in [2.05, 4.69) is 6.92 Å². The monoisotopic (exact) mass is 824 g/mol. The zero-order chi connectivity index (χ0) is 44.1. The van der Waals surface area contributed by atoms with E-state index in [9.17, 15) is 33.9 Å². The lowest BCUT2D eigenvalue weighted by Gasteiger charge is -2.51. The number of rotatable bonds is 21. The molecule has 0 radical (unpaired) electrons. The van der Waals surface area contributed by atoms with Gasteiger partial charge in [0, 0.05) is 56.9 Å². The number of ketones is 1. The Morgan fingerprint density at radius 2 is 1.28 bits per heavy atom. The van der Waals surface area contributed by atoms with Crippen LogP contribution in [-0.2, 0) is 61.9 Å². The van der Waals surface area contributed by atoms with Crippen molar-refractivity contribution in [1.29, 1.82) is 0 Å². The molecule has 1 N–H and O–H groups in total. The Morgan fingerprint density at radius 3 is 1.78 bits per heavy atom. The first-order valence-corrected chi connectivity index (χ1v) is 21.1. The Bertz CT molecular complexity index is 1420. The van der Waals surface area contributed by atoms with Gasteiger partial charge in [-0.15, -0.1) is 0 Å². The fourth-order valence-corrected chi connectivity index (χ4v) is 8.11. The molecule has 0 amide bonds. The minimum absolute atomic E-state index is 0.00378. The minimum Gasteiger partial charge on any atom is -0.466 e. The molecule has 14 nitrogen and oxygen atoms in total. The van der Waals surface area contributed by atoms with Gasteiger partial charge in [0.2, 0.25) is 0 Å². The predicted octanol–water partition coefficient (Wildman–Crippen LogP) is 6.60. The molecule has 332 valence electrons. The standard InChI is InChI=1S/C44H72O14/c1-14-37(47)54-33(16-15-28(8)43(51)52-13)30(10)42(53-32(12)46)35(55-38(48)17-24(2)3)21-29(9)41(56-39(49)18-25(4)5)36-20-27(7)23-44(58-36)22-26(6)19-34(57-44)40(50)31(11)45/h15,24-27,29-30,33-36,40-42,50H,14,16-23H2,1-13H3/b28-15-/t26-,27+,29?,30?,33?,34+,35?,36+,40+,41?,42?,44+/m0/s1. The number of hydrogen-bond donors (Lipinski definition) is 1. The van der Waals surface area contributed by atoms with Crippen LogP contribution in [0, 0.1) is 35.5 Å². The molecular formula is C44H72O14. The van der Waals surface area contributed by atoms with E-state index < -0.39 is 96.0 Å². The van der Waals surface area contributed by atoms with Gasteiger partial charge in [-0.05, 0) is 62.7 Å². The molecule has 6 unspecified atom stereocenters. The Kier molecular flexibility index (Phi) is 20.5. The Hall–Kier alpha value is -3.36. The first kappa shape index (κ1) is 50.8. The summed E-state index contributed by atoms with van der Waals surface area (Å²) in [5, 5.41) is 10.8. The van der Waals surface area contributed by atoms with E-state index in [0.717, 1.165) is 0 Å². The molecule has 12 atom stereocenters. The van der Waals surface area contributed by atoms with Crippen molar-refractivity contribution >= 4 is 35.6 Å². The van der Waals surface area contributed by atoms with Crippen LogP contribution in [-0.4, -0.2) is 96.4 Å². The lowest BCUT2D eigenvalue weighted by atomic mass is 9.79.